The van der Waals surface area contributed by atoms with E-state index < -0.39 is 0 Å². The van der Waals surface area contributed by atoms with Crippen molar-refractivity contribution in [3.05, 3.63) is 0 Å². The number of carbonyl (C=O) groups is 4. The van der Waals surface area contributed by atoms with Gasteiger partial charge >= 0.3 is 0 Å². The van der Waals surface area contributed by atoms with Crippen LogP contribution >= 0.6 is 0 Å². The van der Waals surface area contributed by atoms with Gasteiger partial charge in [-0.1, -0.05) is 0 Å². The van der Waals surface area contributed by atoms with Gasteiger partial charge in [0, 0.05) is 25.7 Å². The molecule has 0 atom stereocenters. The summed E-state index contributed by atoms with van der Waals surface area (Å²) in [7, 11) is 0. The molecule has 0 unspecified atom stereocenters. The molecule has 0 aliphatic rings. The second-order valence-electron chi connectivity index (χ2n) is 3.66. The molecule has 4 nitrogen and oxygen atoms in total. The van der Waals surface area contributed by atoms with E-state index in [1.807, 2.05) is 0 Å². The summed E-state index contributed by atoms with van der Waals surface area (Å²) in [5.74, 6) is -0.559. The average molecular weight is 212 g/mol. The predicted octanol–water partition coefficient (Wildman–Crippen LogP) is 1.25. The number of ketones is 4. The van der Waals surface area contributed by atoms with Crippen molar-refractivity contribution in [3.63, 3.8) is 0 Å². The lowest BCUT2D eigenvalue weighted by atomic mass is 10.0. The maximum atomic E-state index is 11.1. The molecule has 0 rings (SSSR count). The van der Waals surface area contributed by atoms with E-state index >= 15 is 0 Å². The minimum atomic E-state index is -0.223. The number of hydrogen-bond acceptors (Lipinski definition) is 4. The van der Waals surface area contributed by atoms with Crippen molar-refractivity contribution in [1.82, 2.24) is 0 Å². The highest BCUT2D eigenvalue weighted by Crippen LogP contribution is 2.01. The first kappa shape index (κ1) is 13.7. The second-order valence-corrected chi connectivity index (χ2v) is 3.66. The maximum Gasteiger partial charge on any atom is 0.140 e. The molecule has 0 aliphatic heterocycles. The number of rotatable bonds is 8. The summed E-state index contributed by atoms with van der Waals surface area (Å²) in [6.07, 6.45) is 0.487. The normalized spacial score (nSPS) is 9.73. The molecule has 0 radical (unpaired) electrons. The summed E-state index contributed by atoms with van der Waals surface area (Å²) in [6.45, 7) is 2.82. The molecule has 0 spiro atoms. The fourth-order valence-electron chi connectivity index (χ4n) is 1.03. The van der Waals surface area contributed by atoms with E-state index in [1.54, 1.807) is 0 Å². The largest absolute Gasteiger partial charge is 0.300 e. The van der Waals surface area contributed by atoms with Gasteiger partial charge in [0.25, 0.3) is 0 Å². The third kappa shape index (κ3) is 9.00. The first-order valence-corrected chi connectivity index (χ1v) is 4.94. The Morgan fingerprint density at radius 3 is 1.27 bits per heavy atom. The third-order valence-electron chi connectivity index (χ3n) is 1.91. The molecule has 84 valence electrons. The van der Waals surface area contributed by atoms with E-state index in [9.17, 15) is 19.2 Å². The topological polar surface area (TPSA) is 68.3 Å². The van der Waals surface area contributed by atoms with Gasteiger partial charge in [-0.2, -0.15) is 0 Å². The fourth-order valence-corrected chi connectivity index (χ4v) is 1.03. The van der Waals surface area contributed by atoms with Crippen LogP contribution < -0.4 is 0 Å². The molecule has 0 aromatic carbocycles. The molecule has 0 amide bonds. The monoisotopic (exact) mass is 212 g/mol. The number of hydrogen-bond donors (Lipinski definition) is 0. The Kier molecular flexibility index (Phi) is 6.42. The van der Waals surface area contributed by atoms with Crippen molar-refractivity contribution in [2.45, 2.75) is 46.0 Å². The van der Waals surface area contributed by atoms with Gasteiger partial charge in [0.2, 0.25) is 0 Å². The highest BCUT2D eigenvalue weighted by Gasteiger charge is 2.10. The fraction of sp³-hybridized carbons (Fsp3) is 0.636. The summed E-state index contributed by atoms with van der Waals surface area (Å²) < 4.78 is 0. The maximum absolute atomic E-state index is 11.1. The molecule has 0 aromatic rings. The van der Waals surface area contributed by atoms with Gasteiger partial charge in [-0.25, -0.2) is 0 Å². The zero-order valence-electron chi connectivity index (χ0n) is 9.17. The first-order chi connectivity index (χ1) is 6.91. The van der Waals surface area contributed by atoms with Crippen LogP contribution in [0, 0.1) is 0 Å². The molecule has 4 heteroatoms. The molecule has 0 aromatic heterocycles. The summed E-state index contributed by atoms with van der Waals surface area (Å²) in [5.41, 5.74) is 0. The molecular formula is C11H16O4. The molecule has 0 bridgehead atoms. The van der Waals surface area contributed by atoms with Crippen molar-refractivity contribution in [2.75, 3.05) is 0 Å². The van der Waals surface area contributed by atoms with Crippen LogP contribution in [0.4, 0.5) is 0 Å². The van der Waals surface area contributed by atoms with E-state index in [-0.39, 0.29) is 55.2 Å². The lowest BCUT2D eigenvalue weighted by Gasteiger charge is -1.98. The van der Waals surface area contributed by atoms with Crippen LogP contribution in [0.1, 0.15) is 46.0 Å². The minimum absolute atomic E-state index is 0.0560. The van der Waals surface area contributed by atoms with Crippen molar-refractivity contribution in [2.24, 2.45) is 0 Å². The molecule has 0 aliphatic carbocycles. The Morgan fingerprint density at radius 2 is 1.00 bits per heavy atom. The highest BCUT2D eigenvalue weighted by atomic mass is 16.2. The van der Waals surface area contributed by atoms with Gasteiger partial charge in [-0.15, -0.1) is 0 Å². The zero-order chi connectivity index (χ0) is 11.8. The van der Waals surface area contributed by atoms with E-state index in [4.69, 9.17) is 0 Å². The standard InChI is InChI=1S/C11H16O4/c1-8(12)3-5-10(14)7-11(15)6-4-9(2)13/h3-7H2,1-2H3. The van der Waals surface area contributed by atoms with Gasteiger partial charge in [-0.3, -0.25) is 9.59 Å². The zero-order valence-corrected chi connectivity index (χ0v) is 9.17. The van der Waals surface area contributed by atoms with Crippen molar-refractivity contribution >= 4 is 23.1 Å². The highest BCUT2D eigenvalue weighted by molar-refractivity contribution is 6.00. The Morgan fingerprint density at radius 1 is 0.667 bits per heavy atom. The molecule has 15 heavy (non-hydrogen) atoms. The lowest BCUT2D eigenvalue weighted by Crippen LogP contribution is -2.10. The van der Waals surface area contributed by atoms with Crippen LogP contribution in [0.5, 0.6) is 0 Å². The Balaban J connectivity index is 3.71. The van der Waals surface area contributed by atoms with E-state index in [1.165, 1.54) is 13.8 Å². The lowest BCUT2D eigenvalue weighted by molar-refractivity contribution is -0.129. The van der Waals surface area contributed by atoms with Crippen LogP contribution in [-0.4, -0.2) is 23.1 Å². The van der Waals surface area contributed by atoms with E-state index in [0.717, 1.165) is 0 Å². The second kappa shape index (κ2) is 7.04. The summed E-state index contributed by atoms with van der Waals surface area (Å²) in [5, 5.41) is 0. The Hall–Kier alpha value is -1.32. The van der Waals surface area contributed by atoms with Gasteiger partial charge in [-0.05, 0) is 13.8 Å². The predicted molar refractivity (Wildman–Crippen MR) is 54.5 cm³/mol. The smallest absolute Gasteiger partial charge is 0.140 e. The third-order valence-corrected chi connectivity index (χ3v) is 1.91. The SMILES string of the molecule is CC(=O)CCC(=O)CC(=O)CCC(C)=O. The van der Waals surface area contributed by atoms with Gasteiger partial charge in [0.1, 0.15) is 23.1 Å². The van der Waals surface area contributed by atoms with E-state index in [2.05, 4.69) is 0 Å². The molecule has 0 fully saturated rings. The average Bonchev–Trinajstić information content (AvgIpc) is 2.11. The molecule has 0 saturated heterocycles. The summed E-state index contributed by atoms with van der Waals surface area (Å²) in [6, 6.07) is 0. The molecule has 0 N–H and O–H groups in total. The van der Waals surface area contributed by atoms with Gasteiger partial charge in [0.15, 0.2) is 0 Å². The molecule has 0 heterocycles. The summed E-state index contributed by atoms with van der Waals surface area (Å²) >= 11 is 0. The van der Waals surface area contributed by atoms with Crippen molar-refractivity contribution in [3.8, 4) is 0 Å². The van der Waals surface area contributed by atoms with Crippen LogP contribution in [0.15, 0.2) is 0 Å². The van der Waals surface area contributed by atoms with Crippen LogP contribution in [0.3, 0.4) is 0 Å². The number of Topliss-reactive ketones (excluding diaryl/α,β-unsaturated/α-hetero) is 4. The Bertz CT molecular complexity index is 250. The van der Waals surface area contributed by atoms with E-state index in [0.29, 0.717) is 0 Å². The Labute approximate surface area is 89.0 Å². The van der Waals surface area contributed by atoms with Crippen LogP contribution in [0.25, 0.3) is 0 Å². The van der Waals surface area contributed by atoms with Gasteiger partial charge in [0.05, 0.1) is 6.42 Å². The number of carbonyl (C=O) groups excluding carboxylic acids is 4. The van der Waals surface area contributed by atoms with Gasteiger partial charge < -0.3 is 9.59 Å². The molecule has 0 saturated carbocycles. The van der Waals surface area contributed by atoms with Crippen LogP contribution in [0.2, 0.25) is 0 Å². The minimum Gasteiger partial charge on any atom is -0.300 e. The van der Waals surface area contributed by atoms with Crippen molar-refractivity contribution < 1.29 is 19.2 Å². The van der Waals surface area contributed by atoms with Crippen molar-refractivity contribution in [1.29, 1.82) is 0 Å². The molecular weight excluding hydrogens is 196 g/mol. The van der Waals surface area contributed by atoms with Crippen LogP contribution in [-0.2, 0) is 19.2 Å². The quantitative estimate of drug-likeness (QED) is 0.568. The summed E-state index contributed by atoms with van der Waals surface area (Å²) in [4.78, 5) is 43.4. The first-order valence-electron chi connectivity index (χ1n) is 4.94.